The molecule has 6 heteroatoms. The molecule has 0 amide bonds. The summed E-state index contributed by atoms with van der Waals surface area (Å²) in [5, 5.41) is 2.06. The minimum atomic E-state index is 0.426. The molecule has 5 nitrogen and oxygen atoms in total. The zero-order valence-corrected chi connectivity index (χ0v) is 14.2. The Hall–Kier alpha value is -2.34. The van der Waals surface area contributed by atoms with E-state index in [0.717, 1.165) is 22.8 Å². The Morgan fingerprint density at radius 2 is 2.09 bits per heavy atom. The van der Waals surface area contributed by atoms with Gasteiger partial charge in [0, 0.05) is 22.4 Å². The van der Waals surface area contributed by atoms with Crippen LogP contribution in [0.25, 0.3) is 5.70 Å². The molecule has 23 heavy (non-hydrogen) atoms. The molecular formula is C17H21N5S. The Morgan fingerprint density at radius 1 is 1.30 bits per heavy atom. The molecule has 1 aromatic carbocycles. The Kier molecular flexibility index (Phi) is 4.62. The number of aromatic amines is 1. The van der Waals surface area contributed by atoms with Gasteiger partial charge in [-0.15, -0.1) is 11.8 Å². The highest BCUT2D eigenvalue weighted by atomic mass is 32.2. The number of thioether (sulfide) groups is 1. The van der Waals surface area contributed by atoms with Crippen LogP contribution in [0.15, 0.2) is 52.5 Å². The van der Waals surface area contributed by atoms with Gasteiger partial charge in [-0.3, -0.25) is 10.4 Å². The van der Waals surface area contributed by atoms with Gasteiger partial charge in [0.1, 0.15) is 0 Å². The van der Waals surface area contributed by atoms with Crippen LogP contribution >= 0.6 is 11.8 Å². The molecule has 0 radical (unpaired) electrons. The molecule has 0 bridgehead atoms. The quantitative estimate of drug-likeness (QED) is 0.596. The van der Waals surface area contributed by atoms with Gasteiger partial charge in [0.25, 0.3) is 0 Å². The molecule has 0 fully saturated rings. The molecular weight excluding hydrogens is 306 g/mol. The number of hydrogen-bond acceptors (Lipinski definition) is 3. The molecule has 0 atom stereocenters. The van der Waals surface area contributed by atoms with E-state index >= 15 is 0 Å². The predicted octanol–water partition coefficient (Wildman–Crippen LogP) is 3.04. The molecule has 0 aliphatic carbocycles. The maximum atomic E-state index is 6.06. The standard InChI is InChI=1S/C17H21N5S/c1-12-15(8-9-19-12)16-13(2)23-11-22(16)21-17(18)20-10-14-6-4-3-5-7-14/h3-9,19H,10-11H2,1-2H3,(H3,18,20,21). The third kappa shape index (κ3) is 3.53. The Balaban J connectivity index is 1.71. The summed E-state index contributed by atoms with van der Waals surface area (Å²) in [6, 6.07) is 12.2. The summed E-state index contributed by atoms with van der Waals surface area (Å²) in [5.74, 6) is 1.24. The summed E-state index contributed by atoms with van der Waals surface area (Å²) in [6.07, 6.45) is 1.96. The van der Waals surface area contributed by atoms with Crippen molar-refractivity contribution in [3.8, 4) is 0 Å². The van der Waals surface area contributed by atoms with E-state index in [9.17, 15) is 0 Å². The highest BCUT2D eigenvalue weighted by molar-refractivity contribution is 8.03. The summed E-state index contributed by atoms with van der Waals surface area (Å²) < 4.78 is 0. The predicted molar refractivity (Wildman–Crippen MR) is 97.3 cm³/mol. The Morgan fingerprint density at radius 3 is 2.78 bits per heavy atom. The summed E-state index contributed by atoms with van der Waals surface area (Å²) in [4.78, 5) is 8.92. The zero-order chi connectivity index (χ0) is 16.2. The van der Waals surface area contributed by atoms with E-state index in [0.29, 0.717) is 12.5 Å². The summed E-state index contributed by atoms with van der Waals surface area (Å²) >= 11 is 1.80. The van der Waals surface area contributed by atoms with E-state index in [1.807, 2.05) is 36.5 Å². The van der Waals surface area contributed by atoms with Gasteiger partial charge in [-0.05, 0) is 25.5 Å². The van der Waals surface area contributed by atoms with Crippen LogP contribution in [-0.2, 0) is 6.54 Å². The topological polar surface area (TPSA) is 69.4 Å². The summed E-state index contributed by atoms with van der Waals surface area (Å²) in [6.45, 7) is 4.77. The van der Waals surface area contributed by atoms with Gasteiger partial charge in [-0.25, -0.2) is 4.99 Å². The minimum absolute atomic E-state index is 0.426. The molecule has 1 aliphatic heterocycles. The highest BCUT2D eigenvalue weighted by Gasteiger charge is 2.24. The number of nitrogens with one attached hydrogen (secondary N) is 2. The van der Waals surface area contributed by atoms with Crippen LogP contribution in [0.4, 0.5) is 0 Å². The van der Waals surface area contributed by atoms with Gasteiger partial charge in [-0.2, -0.15) is 0 Å². The number of hydrazine groups is 1. The molecule has 0 saturated heterocycles. The zero-order valence-electron chi connectivity index (χ0n) is 13.3. The number of rotatable bonds is 4. The van der Waals surface area contributed by atoms with E-state index in [1.54, 1.807) is 11.8 Å². The number of aromatic nitrogens is 1. The number of H-pyrrole nitrogens is 1. The van der Waals surface area contributed by atoms with Crippen LogP contribution in [0.1, 0.15) is 23.7 Å². The van der Waals surface area contributed by atoms with Crippen LogP contribution in [0.3, 0.4) is 0 Å². The van der Waals surface area contributed by atoms with Crippen LogP contribution in [0.2, 0.25) is 0 Å². The molecule has 4 N–H and O–H groups in total. The molecule has 1 aromatic heterocycles. The van der Waals surface area contributed by atoms with Crippen molar-refractivity contribution < 1.29 is 0 Å². The van der Waals surface area contributed by atoms with E-state index < -0.39 is 0 Å². The highest BCUT2D eigenvalue weighted by Crippen LogP contribution is 2.37. The normalized spacial score (nSPS) is 15.4. The molecule has 2 heterocycles. The van der Waals surface area contributed by atoms with Crippen molar-refractivity contribution in [2.75, 3.05) is 5.88 Å². The second kappa shape index (κ2) is 6.83. The van der Waals surface area contributed by atoms with Crippen molar-refractivity contribution in [1.82, 2.24) is 15.4 Å². The number of benzene rings is 1. The maximum absolute atomic E-state index is 6.06. The van der Waals surface area contributed by atoms with Crippen LogP contribution in [0.5, 0.6) is 0 Å². The van der Waals surface area contributed by atoms with Gasteiger partial charge in [0.2, 0.25) is 5.96 Å². The van der Waals surface area contributed by atoms with Crippen molar-refractivity contribution in [3.05, 3.63) is 64.3 Å². The molecule has 0 spiro atoms. The number of guanidine groups is 1. The number of hydrogen-bond donors (Lipinski definition) is 3. The molecule has 0 unspecified atom stereocenters. The number of nitrogens with zero attached hydrogens (tertiary/aromatic N) is 2. The number of aliphatic imine (C=N–C) groups is 1. The lowest BCUT2D eigenvalue weighted by atomic mass is 10.2. The average Bonchev–Trinajstić information content (AvgIpc) is 3.12. The van der Waals surface area contributed by atoms with Gasteiger partial charge in [0.15, 0.2) is 0 Å². The molecule has 2 aromatic rings. The lowest BCUT2D eigenvalue weighted by Crippen LogP contribution is -2.43. The van der Waals surface area contributed by atoms with E-state index in [2.05, 4.69) is 40.3 Å². The fourth-order valence-corrected chi connectivity index (χ4v) is 3.42. The van der Waals surface area contributed by atoms with Crippen molar-refractivity contribution in [2.45, 2.75) is 20.4 Å². The van der Waals surface area contributed by atoms with Crippen molar-refractivity contribution in [2.24, 2.45) is 10.7 Å². The first-order valence-corrected chi connectivity index (χ1v) is 8.50. The minimum Gasteiger partial charge on any atom is -0.369 e. The Labute approximate surface area is 140 Å². The Bertz CT molecular complexity index is 732. The average molecular weight is 327 g/mol. The first-order chi connectivity index (χ1) is 11.1. The lowest BCUT2D eigenvalue weighted by molar-refractivity contribution is 0.418. The molecule has 0 saturated carbocycles. The third-order valence-corrected chi connectivity index (χ3v) is 4.76. The fourth-order valence-electron chi connectivity index (χ4n) is 2.55. The van der Waals surface area contributed by atoms with E-state index in [1.165, 1.54) is 10.5 Å². The van der Waals surface area contributed by atoms with E-state index in [4.69, 9.17) is 5.73 Å². The molecule has 120 valence electrons. The van der Waals surface area contributed by atoms with Crippen molar-refractivity contribution in [1.29, 1.82) is 0 Å². The van der Waals surface area contributed by atoms with Gasteiger partial charge in [0.05, 0.1) is 18.1 Å². The van der Waals surface area contributed by atoms with Crippen LogP contribution in [-0.4, -0.2) is 21.8 Å². The van der Waals surface area contributed by atoms with Crippen LogP contribution < -0.4 is 11.2 Å². The number of allylic oxidation sites excluding steroid dienone is 1. The van der Waals surface area contributed by atoms with Crippen molar-refractivity contribution >= 4 is 23.4 Å². The second-order valence-electron chi connectivity index (χ2n) is 5.42. The third-order valence-electron chi connectivity index (χ3n) is 3.75. The fraction of sp³-hybridized carbons (Fsp3) is 0.235. The van der Waals surface area contributed by atoms with Gasteiger partial charge >= 0.3 is 0 Å². The lowest BCUT2D eigenvalue weighted by Gasteiger charge is -2.23. The number of aryl methyl sites for hydroxylation is 1. The van der Waals surface area contributed by atoms with Crippen LogP contribution in [0, 0.1) is 6.92 Å². The summed E-state index contributed by atoms with van der Waals surface area (Å²) in [7, 11) is 0. The second-order valence-corrected chi connectivity index (χ2v) is 6.58. The number of nitrogens with two attached hydrogens (primary N) is 1. The van der Waals surface area contributed by atoms with Gasteiger partial charge in [-0.1, -0.05) is 30.3 Å². The van der Waals surface area contributed by atoms with Crippen molar-refractivity contribution in [3.63, 3.8) is 0 Å². The molecule has 3 rings (SSSR count). The largest absolute Gasteiger partial charge is 0.369 e. The summed E-state index contributed by atoms with van der Waals surface area (Å²) in [5.41, 5.74) is 13.9. The maximum Gasteiger partial charge on any atom is 0.208 e. The van der Waals surface area contributed by atoms with Gasteiger partial charge < -0.3 is 10.7 Å². The van der Waals surface area contributed by atoms with E-state index in [-0.39, 0.29) is 0 Å². The first-order valence-electron chi connectivity index (χ1n) is 7.51. The monoisotopic (exact) mass is 327 g/mol. The molecule has 1 aliphatic rings. The SMILES string of the molecule is CC1=C(c2cc[nH]c2C)N(NC(N)=NCc2ccccc2)CS1. The smallest absolute Gasteiger partial charge is 0.208 e. The first kappa shape index (κ1) is 15.6.